The molecular formula is C9H11ClFNO. The van der Waals surface area contributed by atoms with Gasteiger partial charge in [0.1, 0.15) is 5.82 Å². The maximum absolute atomic E-state index is 12.6. The van der Waals surface area contributed by atoms with Crippen LogP contribution in [-0.4, -0.2) is 17.8 Å². The van der Waals surface area contributed by atoms with Crippen molar-refractivity contribution in [2.75, 3.05) is 6.54 Å². The Morgan fingerprint density at radius 2 is 2.23 bits per heavy atom. The van der Waals surface area contributed by atoms with Crippen LogP contribution in [0.5, 0.6) is 0 Å². The van der Waals surface area contributed by atoms with E-state index in [1.54, 1.807) is 6.07 Å². The Balaban J connectivity index is 2.77. The van der Waals surface area contributed by atoms with Crippen LogP contribution in [0.1, 0.15) is 5.56 Å². The van der Waals surface area contributed by atoms with Gasteiger partial charge in [-0.3, -0.25) is 0 Å². The van der Waals surface area contributed by atoms with Gasteiger partial charge in [-0.25, -0.2) is 4.39 Å². The van der Waals surface area contributed by atoms with Crippen LogP contribution in [0, 0.1) is 5.82 Å². The Bertz CT molecular complexity index is 293. The molecule has 0 radical (unpaired) electrons. The molecule has 1 rings (SSSR count). The van der Waals surface area contributed by atoms with Gasteiger partial charge < -0.3 is 10.8 Å². The minimum atomic E-state index is -0.622. The number of aliphatic hydroxyl groups excluding tert-OH is 1. The first-order chi connectivity index (χ1) is 6.13. The summed E-state index contributed by atoms with van der Waals surface area (Å²) in [5, 5.41) is 9.55. The van der Waals surface area contributed by atoms with Gasteiger partial charge in [-0.05, 0) is 17.7 Å². The molecule has 4 heteroatoms. The highest BCUT2D eigenvalue weighted by Crippen LogP contribution is 2.18. The van der Waals surface area contributed by atoms with E-state index < -0.39 is 6.10 Å². The van der Waals surface area contributed by atoms with Crippen molar-refractivity contribution in [2.45, 2.75) is 12.5 Å². The molecule has 0 spiro atoms. The van der Waals surface area contributed by atoms with E-state index in [4.69, 9.17) is 17.3 Å². The molecule has 1 unspecified atom stereocenters. The Kier molecular flexibility index (Phi) is 3.66. The second-order valence-corrected chi connectivity index (χ2v) is 3.24. The summed E-state index contributed by atoms with van der Waals surface area (Å²) in [6, 6.07) is 4.08. The highest BCUT2D eigenvalue weighted by atomic mass is 35.5. The van der Waals surface area contributed by atoms with Gasteiger partial charge >= 0.3 is 0 Å². The predicted molar refractivity (Wildman–Crippen MR) is 50.2 cm³/mol. The van der Waals surface area contributed by atoms with Gasteiger partial charge in [0.15, 0.2) is 0 Å². The fourth-order valence-electron chi connectivity index (χ4n) is 1.02. The molecule has 1 aromatic carbocycles. The van der Waals surface area contributed by atoms with Crippen molar-refractivity contribution in [1.29, 1.82) is 0 Å². The van der Waals surface area contributed by atoms with Gasteiger partial charge in [0.2, 0.25) is 0 Å². The van der Waals surface area contributed by atoms with E-state index in [1.807, 2.05) is 0 Å². The average molecular weight is 204 g/mol. The maximum Gasteiger partial charge on any atom is 0.124 e. The topological polar surface area (TPSA) is 46.2 Å². The third-order valence-electron chi connectivity index (χ3n) is 1.74. The van der Waals surface area contributed by atoms with E-state index in [0.29, 0.717) is 17.0 Å². The summed E-state index contributed by atoms with van der Waals surface area (Å²) in [5.74, 6) is -0.379. The van der Waals surface area contributed by atoms with Crippen LogP contribution >= 0.6 is 11.6 Å². The fraction of sp³-hybridized carbons (Fsp3) is 0.333. The summed E-state index contributed by atoms with van der Waals surface area (Å²) in [4.78, 5) is 0. The number of hydrogen-bond acceptors (Lipinski definition) is 2. The zero-order valence-corrected chi connectivity index (χ0v) is 7.76. The fourth-order valence-corrected chi connectivity index (χ4v) is 1.27. The lowest BCUT2D eigenvalue weighted by molar-refractivity contribution is 0.183. The summed E-state index contributed by atoms with van der Waals surface area (Å²) >= 11 is 5.74. The molecule has 2 nitrogen and oxygen atoms in total. The lowest BCUT2D eigenvalue weighted by Gasteiger charge is -2.08. The van der Waals surface area contributed by atoms with E-state index in [1.165, 1.54) is 12.1 Å². The van der Waals surface area contributed by atoms with Crippen LogP contribution in [0.2, 0.25) is 5.02 Å². The van der Waals surface area contributed by atoms with Crippen molar-refractivity contribution in [3.05, 3.63) is 34.6 Å². The summed E-state index contributed by atoms with van der Waals surface area (Å²) in [5.41, 5.74) is 5.94. The average Bonchev–Trinajstić information content (AvgIpc) is 2.09. The van der Waals surface area contributed by atoms with Crippen LogP contribution in [0.15, 0.2) is 18.2 Å². The maximum atomic E-state index is 12.6. The van der Waals surface area contributed by atoms with Gasteiger partial charge in [-0.15, -0.1) is 0 Å². The first-order valence-corrected chi connectivity index (χ1v) is 4.33. The Hall–Kier alpha value is -0.640. The smallest absolute Gasteiger partial charge is 0.124 e. The largest absolute Gasteiger partial charge is 0.391 e. The molecule has 72 valence electrons. The standard InChI is InChI=1S/C9H11ClFNO/c10-9-4-7(11)2-1-6(9)3-8(13)5-12/h1-2,4,8,13H,3,5,12H2. The third-order valence-corrected chi connectivity index (χ3v) is 2.09. The van der Waals surface area contributed by atoms with Crippen molar-refractivity contribution in [3.8, 4) is 0 Å². The molecule has 0 aliphatic carbocycles. The van der Waals surface area contributed by atoms with Crippen molar-refractivity contribution in [1.82, 2.24) is 0 Å². The second kappa shape index (κ2) is 4.56. The van der Waals surface area contributed by atoms with Crippen molar-refractivity contribution in [3.63, 3.8) is 0 Å². The van der Waals surface area contributed by atoms with E-state index in [0.717, 1.165) is 0 Å². The number of hydrogen-bond donors (Lipinski definition) is 2. The van der Waals surface area contributed by atoms with E-state index >= 15 is 0 Å². The first-order valence-electron chi connectivity index (χ1n) is 3.95. The first kappa shape index (κ1) is 10.4. The molecule has 0 amide bonds. The Labute approximate surface area is 81.1 Å². The third kappa shape index (κ3) is 2.95. The predicted octanol–water partition coefficient (Wildman–Crippen LogP) is 1.34. The zero-order valence-electron chi connectivity index (χ0n) is 7.00. The van der Waals surface area contributed by atoms with E-state index in [9.17, 15) is 9.50 Å². The molecule has 0 aliphatic heterocycles. The number of rotatable bonds is 3. The molecular weight excluding hydrogens is 193 g/mol. The summed E-state index contributed by atoms with van der Waals surface area (Å²) in [6.07, 6.45) is -0.265. The van der Waals surface area contributed by atoms with Crippen LogP contribution < -0.4 is 5.73 Å². The van der Waals surface area contributed by atoms with Crippen LogP contribution in [0.25, 0.3) is 0 Å². The van der Waals surface area contributed by atoms with Crippen molar-refractivity contribution in [2.24, 2.45) is 5.73 Å². The number of nitrogens with two attached hydrogens (primary N) is 1. The van der Waals surface area contributed by atoms with Crippen LogP contribution in [0.3, 0.4) is 0 Å². The van der Waals surface area contributed by atoms with Crippen LogP contribution in [-0.2, 0) is 6.42 Å². The monoisotopic (exact) mass is 203 g/mol. The summed E-state index contributed by atoms with van der Waals surface area (Å²) in [7, 11) is 0. The van der Waals surface area contributed by atoms with Crippen molar-refractivity contribution >= 4 is 11.6 Å². The Morgan fingerprint density at radius 1 is 1.54 bits per heavy atom. The zero-order chi connectivity index (χ0) is 9.84. The number of benzene rings is 1. The molecule has 0 heterocycles. The molecule has 1 atom stereocenters. The molecule has 0 fully saturated rings. The minimum Gasteiger partial charge on any atom is -0.391 e. The minimum absolute atomic E-state index is 0.174. The number of halogens is 2. The molecule has 0 saturated heterocycles. The summed E-state index contributed by atoms with van der Waals surface area (Å²) in [6.45, 7) is 0.174. The molecule has 0 bridgehead atoms. The molecule has 1 aromatic rings. The molecule has 0 aromatic heterocycles. The van der Waals surface area contributed by atoms with Gasteiger partial charge in [-0.2, -0.15) is 0 Å². The van der Waals surface area contributed by atoms with E-state index in [2.05, 4.69) is 0 Å². The Morgan fingerprint density at radius 3 is 2.77 bits per heavy atom. The highest BCUT2D eigenvalue weighted by Gasteiger charge is 2.07. The second-order valence-electron chi connectivity index (χ2n) is 2.83. The van der Waals surface area contributed by atoms with Gasteiger partial charge in [0.25, 0.3) is 0 Å². The summed E-state index contributed by atoms with van der Waals surface area (Å²) < 4.78 is 12.6. The molecule has 3 N–H and O–H groups in total. The molecule has 0 saturated carbocycles. The quantitative estimate of drug-likeness (QED) is 0.779. The van der Waals surface area contributed by atoms with Crippen LogP contribution in [0.4, 0.5) is 4.39 Å². The normalized spacial score (nSPS) is 12.9. The molecule has 13 heavy (non-hydrogen) atoms. The van der Waals surface area contributed by atoms with Gasteiger partial charge in [0, 0.05) is 18.0 Å². The highest BCUT2D eigenvalue weighted by molar-refractivity contribution is 6.31. The SMILES string of the molecule is NCC(O)Cc1ccc(F)cc1Cl. The number of aliphatic hydroxyl groups is 1. The van der Waals surface area contributed by atoms with E-state index in [-0.39, 0.29) is 12.4 Å². The lowest BCUT2D eigenvalue weighted by atomic mass is 10.1. The van der Waals surface area contributed by atoms with Gasteiger partial charge in [0.05, 0.1) is 6.10 Å². The van der Waals surface area contributed by atoms with Gasteiger partial charge in [-0.1, -0.05) is 17.7 Å². The molecule has 0 aliphatic rings. The lowest BCUT2D eigenvalue weighted by Crippen LogP contribution is -2.22. The van der Waals surface area contributed by atoms with Crippen molar-refractivity contribution < 1.29 is 9.50 Å².